The van der Waals surface area contributed by atoms with Crippen LogP contribution < -0.4 is 10.6 Å². The molecule has 0 bridgehead atoms. The van der Waals surface area contributed by atoms with Crippen LogP contribution in [-0.2, 0) is 9.47 Å². The largest absolute Gasteiger partial charge is 0.385 e. The maximum absolute atomic E-state index is 5.46. The summed E-state index contributed by atoms with van der Waals surface area (Å²) in [4.78, 5) is 6.85. The van der Waals surface area contributed by atoms with E-state index in [1.165, 1.54) is 6.42 Å². The highest BCUT2D eigenvalue weighted by Gasteiger charge is 2.23. The summed E-state index contributed by atoms with van der Waals surface area (Å²) in [5, 5.41) is 6.88. The van der Waals surface area contributed by atoms with E-state index in [-0.39, 0.29) is 0 Å². The molecule has 1 atom stereocenters. The summed E-state index contributed by atoms with van der Waals surface area (Å²) in [6.07, 6.45) is 3.44. The molecule has 1 heterocycles. The van der Waals surface area contributed by atoms with Crippen molar-refractivity contribution in [2.24, 2.45) is 10.9 Å². The SMILES string of the molecule is CN=C(NCCCCCOC)NCC(C(C)C)N1CCOCC1. The van der Waals surface area contributed by atoms with Crippen LogP contribution in [0.1, 0.15) is 33.1 Å². The van der Waals surface area contributed by atoms with Crippen LogP contribution in [0.2, 0.25) is 0 Å². The quantitative estimate of drug-likeness (QED) is 0.360. The zero-order valence-electron chi connectivity index (χ0n) is 15.4. The molecule has 0 spiro atoms. The molecule has 0 radical (unpaired) electrons. The molecule has 0 saturated carbocycles. The molecule has 0 aliphatic carbocycles. The van der Waals surface area contributed by atoms with Crippen molar-refractivity contribution in [3.63, 3.8) is 0 Å². The van der Waals surface area contributed by atoms with Gasteiger partial charge in [0.05, 0.1) is 13.2 Å². The first kappa shape index (κ1) is 20.2. The zero-order valence-corrected chi connectivity index (χ0v) is 15.4. The minimum atomic E-state index is 0.513. The molecule has 0 aromatic rings. The molecule has 0 aromatic heterocycles. The van der Waals surface area contributed by atoms with Crippen molar-refractivity contribution >= 4 is 5.96 Å². The van der Waals surface area contributed by atoms with Gasteiger partial charge in [-0.15, -0.1) is 0 Å². The Balaban J connectivity index is 2.27. The third-order valence-electron chi connectivity index (χ3n) is 4.30. The fraction of sp³-hybridized carbons (Fsp3) is 0.941. The first-order valence-corrected chi connectivity index (χ1v) is 8.94. The standard InChI is InChI=1S/C17H36N4O2/c1-15(2)16(21-9-12-23-13-10-21)14-20-17(18-3)19-8-6-5-7-11-22-4/h15-16H,5-14H2,1-4H3,(H2,18,19,20). The van der Waals surface area contributed by atoms with Gasteiger partial charge in [-0.05, 0) is 25.2 Å². The number of nitrogens with zero attached hydrogens (tertiary/aromatic N) is 2. The fourth-order valence-electron chi connectivity index (χ4n) is 2.87. The molecule has 0 aromatic carbocycles. The Kier molecular flexibility index (Phi) is 11.0. The van der Waals surface area contributed by atoms with Crippen LogP contribution in [0.15, 0.2) is 4.99 Å². The van der Waals surface area contributed by atoms with Gasteiger partial charge in [0.15, 0.2) is 5.96 Å². The maximum atomic E-state index is 5.46. The molecule has 1 fully saturated rings. The summed E-state index contributed by atoms with van der Waals surface area (Å²) in [6, 6.07) is 0.513. The average molecular weight is 329 g/mol. The lowest BCUT2D eigenvalue weighted by molar-refractivity contribution is 0.00752. The number of morpholine rings is 1. The molecule has 23 heavy (non-hydrogen) atoms. The smallest absolute Gasteiger partial charge is 0.191 e. The number of guanidine groups is 1. The lowest BCUT2D eigenvalue weighted by Crippen LogP contribution is -2.52. The van der Waals surface area contributed by atoms with Crippen LogP contribution >= 0.6 is 0 Å². The molecule has 2 N–H and O–H groups in total. The number of nitrogens with one attached hydrogen (secondary N) is 2. The number of hydrogen-bond acceptors (Lipinski definition) is 4. The predicted octanol–water partition coefficient (Wildman–Crippen LogP) is 1.32. The number of methoxy groups -OCH3 is 1. The van der Waals surface area contributed by atoms with E-state index in [2.05, 4.69) is 34.4 Å². The van der Waals surface area contributed by atoms with Gasteiger partial charge < -0.3 is 20.1 Å². The summed E-state index contributed by atoms with van der Waals surface area (Å²) in [5.41, 5.74) is 0. The normalized spacial score (nSPS) is 18.2. The van der Waals surface area contributed by atoms with Crippen molar-refractivity contribution in [1.82, 2.24) is 15.5 Å². The lowest BCUT2D eigenvalue weighted by Gasteiger charge is -2.37. The first-order chi connectivity index (χ1) is 11.2. The molecule has 1 rings (SSSR count). The lowest BCUT2D eigenvalue weighted by atomic mass is 10.0. The van der Waals surface area contributed by atoms with Crippen molar-refractivity contribution in [2.45, 2.75) is 39.2 Å². The molecule has 1 aliphatic rings. The van der Waals surface area contributed by atoms with Crippen molar-refractivity contribution in [2.75, 3.05) is 60.2 Å². The number of ether oxygens (including phenoxy) is 2. The van der Waals surface area contributed by atoms with Gasteiger partial charge in [-0.1, -0.05) is 13.8 Å². The second-order valence-corrected chi connectivity index (χ2v) is 6.39. The number of hydrogen-bond donors (Lipinski definition) is 2. The average Bonchev–Trinajstić information content (AvgIpc) is 2.57. The van der Waals surface area contributed by atoms with E-state index in [0.29, 0.717) is 12.0 Å². The minimum Gasteiger partial charge on any atom is -0.385 e. The number of aliphatic imine (C=N–C) groups is 1. The Morgan fingerprint density at radius 3 is 2.52 bits per heavy atom. The van der Waals surface area contributed by atoms with Gasteiger partial charge in [0.2, 0.25) is 0 Å². The molecule has 6 heteroatoms. The highest BCUT2D eigenvalue weighted by atomic mass is 16.5. The first-order valence-electron chi connectivity index (χ1n) is 8.94. The van der Waals surface area contributed by atoms with Gasteiger partial charge in [-0.2, -0.15) is 0 Å². The third kappa shape index (κ3) is 8.53. The van der Waals surface area contributed by atoms with E-state index >= 15 is 0 Å². The van der Waals surface area contributed by atoms with E-state index < -0.39 is 0 Å². The Labute approximate surface area is 142 Å². The van der Waals surface area contributed by atoms with Crippen LogP contribution in [-0.4, -0.2) is 77.1 Å². The van der Waals surface area contributed by atoms with Crippen LogP contribution in [0.4, 0.5) is 0 Å². The molecule has 1 aliphatic heterocycles. The predicted molar refractivity (Wildman–Crippen MR) is 96.1 cm³/mol. The molecule has 136 valence electrons. The van der Waals surface area contributed by atoms with Crippen LogP contribution in [0.25, 0.3) is 0 Å². The zero-order chi connectivity index (χ0) is 16.9. The molecule has 6 nitrogen and oxygen atoms in total. The Morgan fingerprint density at radius 1 is 1.17 bits per heavy atom. The van der Waals surface area contributed by atoms with E-state index in [0.717, 1.165) is 64.8 Å². The van der Waals surface area contributed by atoms with Crippen LogP contribution in [0, 0.1) is 5.92 Å². The second-order valence-electron chi connectivity index (χ2n) is 6.39. The van der Waals surface area contributed by atoms with Crippen molar-refractivity contribution in [3.8, 4) is 0 Å². The Bertz CT molecular complexity index is 318. The summed E-state index contributed by atoms with van der Waals surface area (Å²) >= 11 is 0. The molecular formula is C17H36N4O2. The van der Waals surface area contributed by atoms with Gasteiger partial charge in [0.25, 0.3) is 0 Å². The van der Waals surface area contributed by atoms with Crippen molar-refractivity contribution in [1.29, 1.82) is 0 Å². The van der Waals surface area contributed by atoms with Crippen molar-refractivity contribution in [3.05, 3.63) is 0 Å². The van der Waals surface area contributed by atoms with E-state index in [1.54, 1.807) is 7.11 Å². The van der Waals surface area contributed by atoms with Crippen LogP contribution in [0.3, 0.4) is 0 Å². The van der Waals surface area contributed by atoms with Gasteiger partial charge in [0, 0.05) is 53.0 Å². The minimum absolute atomic E-state index is 0.513. The van der Waals surface area contributed by atoms with E-state index in [9.17, 15) is 0 Å². The summed E-state index contributed by atoms with van der Waals surface area (Å²) in [6.45, 7) is 11.0. The fourth-order valence-corrected chi connectivity index (χ4v) is 2.87. The van der Waals surface area contributed by atoms with Gasteiger partial charge >= 0.3 is 0 Å². The van der Waals surface area contributed by atoms with Gasteiger partial charge in [-0.3, -0.25) is 9.89 Å². The molecule has 1 unspecified atom stereocenters. The number of unbranched alkanes of at least 4 members (excludes halogenated alkanes) is 2. The van der Waals surface area contributed by atoms with Gasteiger partial charge in [-0.25, -0.2) is 0 Å². The summed E-state index contributed by atoms with van der Waals surface area (Å²) in [5.74, 6) is 1.50. The Hall–Kier alpha value is -0.850. The topological polar surface area (TPSA) is 58.1 Å². The van der Waals surface area contributed by atoms with Crippen molar-refractivity contribution < 1.29 is 9.47 Å². The molecule has 0 amide bonds. The molecule has 1 saturated heterocycles. The second kappa shape index (κ2) is 12.6. The number of rotatable bonds is 10. The van der Waals surface area contributed by atoms with Gasteiger partial charge in [0.1, 0.15) is 0 Å². The highest BCUT2D eigenvalue weighted by Crippen LogP contribution is 2.12. The van der Waals surface area contributed by atoms with Crippen LogP contribution in [0.5, 0.6) is 0 Å². The highest BCUT2D eigenvalue weighted by molar-refractivity contribution is 5.79. The summed E-state index contributed by atoms with van der Waals surface area (Å²) < 4.78 is 10.5. The maximum Gasteiger partial charge on any atom is 0.191 e. The van der Waals surface area contributed by atoms with E-state index in [4.69, 9.17) is 9.47 Å². The third-order valence-corrected chi connectivity index (χ3v) is 4.30. The monoisotopic (exact) mass is 328 g/mol. The van der Waals surface area contributed by atoms with E-state index in [1.807, 2.05) is 7.05 Å². The summed E-state index contributed by atoms with van der Waals surface area (Å²) in [7, 11) is 3.59. The molecular weight excluding hydrogens is 292 g/mol. The Morgan fingerprint density at radius 2 is 1.91 bits per heavy atom.